The molecule has 174 valence electrons. The van der Waals surface area contributed by atoms with Crippen molar-refractivity contribution < 1.29 is 35.9 Å². The van der Waals surface area contributed by atoms with Crippen LogP contribution in [0, 0.1) is 0 Å². The first-order valence-electron chi connectivity index (χ1n) is 9.11. The van der Waals surface area contributed by atoms with Gasteiger partial charge in [-0.05, 0) is 26.0 Å². The average Bonchev–Trinajstić information content (AvgIpc) is 3.19. The molecule has 0 amide bonds. The van der Waals surface area contributed by atoms with Gasteiger partial charge >= 0.3 is 18.3 Å². The summed E-state index contributed by atoms with van der Waals surface area (Å²) in [5, 5.41) is 3.87. The van der Waals surface area contributed by atoms with Gasteiger partial charge < -0.3 is 4.74 Å². The van der Waals surface area contributed by atoms with Crippen molar-refractivity contribution in [1.82, 2.24) is 29.7 Å². The highest BCUT2D eigenvalue weighted by Gasteiger charge is 2.39. The molecule has 3 aromatic rings. The molecule has 0 aliphatic heterocycles. The van der Waals surface area contributed by atoms with Crippen LogP contribution in [-0.4, -0.2) is 41.8 Å². The van der Waals surface area contributed by atoms with Crippen LogP contribution < -0.4 is 0 Å². The van der Waals surface area contributed by atoms with Crippen molar-refractivity contribution in [2.24, 2.45) is 0 Å². The van der Waals surface area contributed by atoms with Crippen LogP contribution in [0.25, 0.3) is 23.2 Å². The first-order chi connectivity index (χ1) is 15.3. The Morgan fingerprint density at radius 1 is 1.03 bits per heavy atom. The minimum Gasteiger partial charge on any atom is -0.459 e. The van der Waals surface area contributed by atoms with E-state index in [2.05, 4.69) is 25.0 Å². The highest BCUT2D eigenvalue weighted by Crippen LogP contribution is 2.35. The first kappa shape index (κ1) is 23.8. The Kier molecular flexibility index (Phi) is 6.46. The molecule has 14 heteroatoms. The van der Waals surface area contributed by atoms with Gasteiger partial charge in [0.2, 0.25) is 0 Å². The van der Waals surface area contributed by atoms with E-state index in [-0.39, 0.29) is 11.1 Å². The van der Waals surface area contributed by atoms with Crippen molar-refractivity contribution in [3.63, 3.8) is 0 Å². The monoisotopic (exact) mass is 472 g/mol. The number of carbonyl (C=O) groups is 1. The number of carbonyl (C=O) groups excluding carboxylic acids is 1. The standard InChI is InChI=1S/C19H14F6N6O2/c1-10(2)33-17(32)13(12-5-26-8-27-6-12)7-31-9-28-16(30-31)11-3-14(18(20,21)22)29-15(4-11)19(23,24)25/h3-10H,1-2H3/b13-7+. The Balaban J connectivity index is 2.06. The zero-order valence-corrected chi connectivity index (χ0v) is 16.9. The fraction of sp³-hybridized carbons (Fsp3) is 0.263. The number of halogens is 6. The molecule has 33 heavy (non-hydrogen) atoms. The van der Waals surface area contributed by atoms with Gasteiger partial charge in [-0.2, -0.15) is 26.3 Å². The summed E-state index contributed by atoms with van der Waals surface area (Å²) in [6.07, 6.45) is -4.74. The van der Waals surface area contributed by atoms with Crippen LogP contribution in [0.1, 0.15) is 30.8 Å². The van der Waals surface area contributed by atoms with Gasteiger partial charge in [-0.15, -0.1) is 5.10 Å². The van der Waals surface area contributed by atoms with Crippen LogP contribution in [0.3, 0.4) is 0 Å². The Labute approximate surface area is 182 Å². The van der Waals surface area contributed by atoms with Gasteiger partial charge in [0.1, 0.15) is 24.0 Å². The second kappa shape index (κ2) is 8.96. The third-order valence-corrected chi connectivity index (χ3v) is 3.87. The van der Waals surface area contributed by atoms with Crippen LogP contribution in [0.15, 0.2) is 37.2 Å². The molecule has 0 radical (unpaired) electrons. The molecule has 0 N–H and O–H groups in total. The molecule has 0 aliphatic rings. The maximum atomic E-state index is 13.1. The van der Waals surface area contributed by atoms with Crippen LogP contribution >= 0.6 is 0 Å². The Bertz CT molecular complexity index is 1140. The van der Waals surface area contributed by atoms with Gasteiger partial charge in [-0.1, -0.05) is 0 Å². The second-order valence-corrected chi connectivity index (χ2v) is 6.79. The van der Waals surface area contributed by atoms with Gasteiger partial charge in [0.15, 0.2) is 5.82 Å². The summed E-state index contributed by atoms with van der Waals surface area (Å²) in [7, 11) is 0. The molecule has 0 aromatic carbocycles. The number of aromatic nitrogens is 6. The second-order valence-electron chi connectivity index (χ2n) is 6.79. The number of hydrogen-bond donors (Lipinski definition) is 0. The number of esters is 1. The maximum Gasteiger partial charge on any atom is 0.433 e. The van der Waals surface area contributed by atoms with E-state index in [9.17, 15) is 31.1 Å². The molecule has 0 saturated carbocycles. The van der Waals surface area contributed by atoms with Crippen molar-refractivity contribution in [1.29, 1.82) is 0 Å². The zero-order valence-electron chi connectivity index (χ0n) is 16.9. The van der Waals surface area contributed by atoms with Crippen molar-refractivity contribution in [3.05, 3.63) is 54.1 Å². The number of alkyl halides is 6. The molecule has 0 saturated heterocycles. The van der Waals surface area contributed by atoms with E-state index in [1.807, 2.05) is 0 Å². The van der Waals surface area contributed by atoms with Crippen molar-refractivity contribution >= 4 is 17.7 Å². The van der Waals surface area contributed by atoms with E-state index in [1.54, 1.807) is 13.8 Å². The number of hydrogen-bond acceptors (Lipinski definition) is 7. The molecular formula is C19H14F6N6O2. The zero-order chi connectivity index (χ0) is 24.4. The highest BCUT2D eigenvalue weighted by atomic mass is 19.4. The smallest absolute Gasteiger partial charge is 0.433 e. The minimum atomic E-state index is -5.13. The molecule has 3 rings (SSSR count). The fourth-order valence-electron chi connectivity index (χ4n) is 2.51. The van der Waals surface area contributed by atoms with Crippen molar-refractivity contribution in [3.8, 4) is 11.4 Å². The summed E-state index contributed by atoms with van der Waals surface area (Å²) in [6.45, 7) is 3.23. The summed E-state index contributed by atoms with van der Waals surface area (Å²) < 4.78 is 84.5. The maximum absolute atomic E-state index is 13.1. The lowest BCUT2D eigenvalue weighted by Crippen LogP contribution is -2.15. The van der Waals surface area contributed by atoms with Gasteiger partial charge in [0.05, 0.1) is 11.7 Å². The molecule has 0 unspecified atom stereocenters. The first-order valence-corrected chi connectivity index (χ1v) is 9.11. The molecule has 3 aromatic heterocycles. The summed E-state index contributed by atoms with van der Waals surface area (Å²) in [5.74, 6) is -1.23. The van der Waals surface area contributed by atoms with Crippen LogP contribution in [-0.2, 0) is 21.9 Å². The Morgan fingerprint density at radius 2 is 1.61 bits per heavy atom. The van der Waals surface area contributed by atoms with Gasteiger partial charge in [-0.25, -0.2) is 29.4 Å². The van der Waals surface area contributed by atoms with Crippen molar-refractivity contribution in [2.75, 3.05) is 0 Å². The van der Waals surface area contributed by atoms with E-state index in [4.69, 9.17) is 4.74 Å². The Morgan fingerprint density at radius 3 is 2.12 bits per heavy atom. The molecule has 3 heterocycles. The lowest BCUT2D eigenvalue weighted by molar-refractivity contribution is -0.150. The summed E-state index contributed by atoms with van der Waals surface area (Å²) in [4.78, 5) is 26.5. The van der Waals surface area contributed by atoms with Crippen LogP contribution in [0.5, 0.6) is 0 Å². The quantitative estimate of drug-likeness (QED) is 0.313. The average molecular weight is 472 g/mol. The molecular weight excluding hydrogens is 458 g/mol. The van der Waals surface area contributed by atoms with E-state index in [1.165, 1.54) is 18.7 Å². The third-order valence-electron chi connectivity index (χ3n) is 3.87. The van der Waals surface area contributed by atoms with Crippen molar-refractivity contribution in [2.45, 2.75) is 32.3 Å². The fourth-order valence-corrected chi connectivity index (χ4v) is 2.51. The van der Waals surface area contributed by atoms with E-state index in [0.717, 1.165) is 17.2 Å². The number of rotatable bonds is 5. The predicted octanol–water partition coefficient (Wildman–Crippen LogP) is 4.12. The van der Waals surface area contributed by atoms with E-state index in [0.29, 0.717) is 12.1 Å². The lowest BCUT2D eigenvalue weighted by Gasteiger charge is -2.12. The number of nitrogens with zero attached hydrogens (tertiary/aromatic N) is 6. The van der Waals surface area contributed by atoms with Gasteiger partial charge in [-0.3, -0.25) is 0 Å². The van der Waals surface area contributed by atoms with Gasteiger partial charge in [0, 0.05) is 29.7 Å². The topological polar surface area (TPSA) is 95.7 Å². The summed E-state index contributed by atoms with van der Waals surface area (Å²) in [6, 6.07) is 0.801. The summed E-state index contributed by atoms with van der Waals surface area (Å²) in [5.41, 5.74) is -3.89. The molecule has 8 nitrogen and oxygen atoms in total. The minimum absolute atomic E-state index is 0.0672. The van der Waals surface area contributed by atoms with Gasteiger partial charge in [0.25, 0.3) is 0 Å². The Hall–Kier alpha value is -3.84. The lowest BCUT2D eigenvalue weighted by atomic mass is 10.1. The third kappa shape index (κ3) is 5.90. The van der Waals surface area contributed by atoms with Crippen LogP contribution in [0.2, 0.25) is 0 Å². The number of ether oxygens (including phenoxy) is 1. The number of pyridine rings is 1. The molecule has 0 atom stereocenters. The normalized spacial score (nSPS) is 12.8. The molecule has 0 bridgehead atoms. The largest absolute Gasteiger partial charge is 0.459 e. The SMILES string of the molecule is CC(C)OC(=O)/C(=C/n1cnc(-c2cc(C(F)(F)F)nc(C(F)(F)F)c2)n1)c1cncnc1. The molecule has 0 aliphatic carbocycles. The highest BCUT2D eigenvalue weighted by molar-refractivity contribution is 6.20. The van der Waals surface area contributed by atoms with E-state index >= 15 is 0 Å². The molecule has 0 fully saturated rings. The molecule has 0 spiro atoms. The summed E-state index contributed by atoms with van der Waals surface area (Å²) >= 11 is 0. The van der Waals surface area contributed by atoms with Crippen LogP contribution in [0.4, 0.5) is 26.3 Å². The van der Waals surface area contributed by atoms with E-state index < -0.39 is 47.2 Å². The predicted molar refractivity (Wildman–Crippen MR) is 101 cm³/mol.